The molecule has 0 saturated carbocycles. The van der Waals surface area contributed by atoms with Gasteiger partial charge in [0.25, 0.3) is 0 Å². The number of rotatable bonds is 5. The number of nitrogens with zero attached hydrogens (tertiary/aromatic N) is 1. The summed E-state index contributed by atoms with van der Waals surface area (Å²) in [5, 5.41) is 9.20. The summed E-state index contributed by atoms with van der Waals surface area (Å²) in [5.74, 6) is 1.68. The lowest BCUT2D eigenvalue weighted by atomic mass is 10.1. The molecule has 8 heteroatoms. The van der Waals surface area contributed by atoms with E-state index in [0.29, 0.717) is 24.7 Å². The molecular formula is C20H25IN4O3. The average Bonchev–Trinajstić information content (AvgIpc) is 3.12. The number of anilines is 1. The Morgan fingerprint density at radius 3 is 2.61 bits per heavy atom. The number of hydrogen-bond donors (Lipinski definition) is 3. The minimum absolute atomic E-state index is 0. The average molecular weight is 496 g/mol. The van der Waals surface area contributed by atoms with Crippen LogP contribution in [0.2, 0.25) is 0 Å². The Kier molecular flexibility index (Phi) is 8.37. The number of guanidine groups is 1. The van der Waals surface area contributed by atoms with Crippen LogP contribution in [0.5, 0.6) is 5.75 Å². The topological polar surface area (TPSA) is 84.0 Å². The van der Waals surface area contributed by atoms with E-state index >= 15 is 0 Å². The van der Waals surface area contributed by atoms with Crippen LogP contribution >= 0.6 is 24.0 Å². The van der Waals surface area contributed by atoms with Gasteiger partial charge >= 0.3 is 6.09 Å². The molecule has 1 amide bonds. The van der Waals surface area contributed by atoms with Crippen molar-refractivity contribution in [2.45, 2.75) is 19.1 Å². The Morgan fingerprint density at radius 1 is 1.18 bits per heavy atom. The molecular weight excluding hydrogens is 471 g/mol. The number of ether oxygens (including phenoxy) is 2. The third-order valence-corrected chi connectivity index (χ3v) is 4.28. The maximum Gasteiger partial charge on any atom is 0.411 e. The van der Waals surface area contributed by atoms with Crippen molar-refractivity contribution in [1.29, 1.82) is 0 Å². The van der Waals surface area contributed by atoms with E-state index in [9.17, 15) is 4.79 Å². The van der Waals surface area contributed by atoms with Gasteiger partial charge in [0.1, 0.15) is 11.9 Å². The third-order valence-electron chi connectivity index (χ3n) is 4.28. The standard InChI is InChI=1S/C20H24N4O3.HI/c1-21-19(23-13-17-11-15-5-3-4-6-18(15)27-17)22-12-14-7-9-16(10-8-14)24-20(25)26-2;/h3-10,17H,11-13H2,1-2H3,(H,24,25)(H2,21,22,23);1H. The molecule has 0 radical (unpaired) electrons. The molecule has 1 unspecified atom stereocenters. The number of para-hydroxylation sites is 1. The first kappa shape index (κ1) is 21.8. The van der Waals surface area contributed by atoms with Gasteiger partial charge in [0.15, 0.2) is 5.96 Å². The second kappa shape index (κ2) is 10.7. The monoisotopic (exact) mass is 496 g/mol. The lowest BCUT2D eigenvalue weighted by molar-refractivity contribution is 0.187. The summed E-state index contributed by atoms with van der Waals surface area (Å²) in [4.78, 5) is 15.4. The molecule has 0 spiro atoms. The van der Waals surface area contributed by atoms with Crippen molar-refractivity contribution in [1.82, 2.24) is 10.6 Å². The quantitative estimate of drug-likeness (QED) is 0.337. The maximum atomic E-state index is 11.2. The first-order valence-corrected chi connectivity index (χ1v) is 8.81. The lowest BCUT2D eigenvalue weighted by Crippen LogP contribution is -2.41. The van der Waals surface area contributed by atoms with Gasteiger partial charge < -0.3 is 20.1 Å². The molecule has 1 aliphatic rings. The van der Waals surface area contributed by atoms with E-state index in [0.717, 1.165) is 17.7 Å². The number of fused-ring (bicyclic) bond motifs is 1. The maximum absolute atomic E-state index is 11.2. The molecule has 0 saturated heterocycles. The van der Waals surface area contributed by atoms with Crippen LogP contribution in [-0.2, 0) is 17.7 Å². The molecule has 3 N–H and O–H groups in total. The summed E-state index contributed by atoms with van der Waals surface area (Å²) in [6, 6.07) is 15.6. The van der Waals surface area contributed by atoms with Crippen LogP contribution in [0.4, 0.5) is 10.5 Å². The lowest BCUT2D eigenvalue weighted by Gasteiger charge is -2.15. The van der Waals surface area contributed by atoms with Gasteiger partial charge in [0.2, 0.25) is 0 Å². The summed E-state index contributed by atoms with van der Waals surface area (Å²) >= 11 is 0. The van der Waals surface area contributed by atoms with Crippen LogP contribution < -0.4 is 20.7 Å². The number of nitrogens with one attached hydrogen (secondary N) is 3. The molecule has 1 heterocycles. The van der Waals surface area contributed by atoms with Crippen LogP contribution in [0.3, 0.4) is 0 Å². The van der Waals surface area contributed by atoms with Crippen molar-refractivity contribution in [3.63, 3.8) is 0 Å². The zero-order chi connectivity index (χ0) is 19.1. The molecule has 150 valence electrons. The highest BCUT2D eigenvalue weighted by Crippen LogP contribution is 2.27. The van der Waals surface area contributed by atoms with Crippen molar-refractivity contribution in [3.8, 4) is 5.75 Å². The van der Waals surface area contributed by atoms with Gasteiger partial charge in [-0.2, -0.15) is 0 Å². The summed E-state index contributed by atoms with van der Waals surface area (Å²) < 4.78 is 10.5. The zero-order valence-electron chi connectivity index (χ0n) is 15.9. The molecule has 0 fully saturated rings. The highest BCUT2D eigenvalue weighted by molar-refractivity contribution is 14.0. The fourth-order valence-corrected chi connectivity index (χ4v) is 2.86. The molecule has 0 aliphatic carbocycles. The fourth-order valence-electron chi connectivity index (χ4n) is 2.86. The van der Waals surface area contributed by atoms with Gasteiger partial charge in [-0.15, -0.1) is 24.0 Å². The van der Waals surface area contributed by atoms with Gasteiger partial charge in [0, 0.05) is 25.7 Å². The number of amides is 1. The molecule has 2 aromatic carbocycles. The van der Waals surface area contributed by atoms with Gasteiger partial charge in [-0.1, -0.05) is 30.3 Å². The number of carbonyl (C=O) groups excluding carboxylic acids is 1. The number of aliphatic imine (C=N–C) groups is 1. The van der Waals surface area contributed by atoms with Crippen molar-refractivity contribution in [2.75, 3.05) is 26.0 Å². The minimum atomic E-state index is -0.484. The molecule has 28 heavy (non-hydrogen) atoms. The molecule has 1 atom stereocenters. The Balaban J connectivity index is 0.00000280. The van der Waals surface area contributed by atoms with Gasteiger partial charge in [-0.3, -0.25) is 10.3 Å². The van der Waals surface area contributed by atoms with Crippen molar-refractivity contribution >= 4 is 41.7 Å². The van der Waals surface area contributed by atoms with E-state index < -0.39 is 6.09 Å². The molecule has 3 rings (SSSR count). The van der Waals surface area contributed by atoms with Crippen LogP contribution in [0.15, 0.2) is 53.5 Å². The zero-order valence-corrected chi connectivity index (χ0v) is 18.2. The summed E-state index contributed by atoms with van der Waals surface area (Å²) in [5.41, 5.74) is 3.00. The molecule has 0 bridgehead atoms. The minimum Gasteiger partial charge on any atom is -0.488 e. The summed E-state index contributed by atoms with van der Waals surface area (Å²) in [6.07, 6.45) is 0.515. The largest absolute Gasteiger partial charge is 0.488 e. The number of hydrogen-bond acceptors (Lipinski definition) is 4. The second-order valence-electron chi connectivity index (χ2n) is 6.17. The number of methoxy groups -OCH3 is 1. The fraction of sp³-hybridized carbons (Fsp3) is 0.300. The predicted molar refractivity (Wildman–Crippen MR) is 121 cm³/mol. The van der Waals surface area contributed by atoms with E-state index in [1.54, 1.807) is 7.05 Å². The van der Waals surface area contributed by atoms with Crippen LogP contribution in [0, 0.1) is 0 Å². The first-order chi connectivity index (χ1) is 13.2. The van der Waals surface area contributed by atoms with E-state index in [4.69, 9.17) is 4.74 Å². The normalized spacial score (nSPS) is 14.9. The highest BCUT2D eigenvalue weighted by atomic mass is 127. The second-order valence-corrected chi connectivity index (χ2v) is 6.17. The Morgan fingerprint density at radius 2 is 1.93 bits per heavy atom. The Hall–Kier alpha value is -2.49. The molecule has 1 aliphatic heterocycles. The number of halogens is 1. The number of benzene rings is 2. The van der Waals surface area contributed by atoms with E-state index in [2.05, 4.69) is 31.7 Å². The SMILES string of the molecule is CN=C(NCc1ccc(NC(=O)OC)cc1)NCC1Cc2ccccc2O1.I. The van der Waals surface area contributed by atoms with Crippen molar-refractivity contribution in [3.05, 3.63) is 59.7 Å². The van der Waals surface area contributed by atoms with Crippen LogP contribution in [-0.4, -0.2) is 38.9 Å². The molecule has 7 nitrogen and oxygen atoms in total. The third kappa shape index (κ3) is 6.01. The van der Waals surface area contributed by atoms with E-state index in [1.807, 2.05) is 42.5 Å². The molecule has 0 aromatic heterocycles. The summed E-state index contributed by atoms with van der Waals surface area (Å²) in [6.45, 7) is 1.29. The van der Waals surface area contributed by atoms with Gasteiger partial charge in [-0.25, -0.2) is 4.79 Å². The predicted octanol–water partition coefficient (Wildman–Crippen LogP) is 3.15. The first-order valence-electron chi connectivity index (χ1n) is 8.81. The van der Waals surface area contributed by atoms with E-state index in [-0.39, 0.29) is 30.1 Å². The Labute approximate surface area is 181 Å². The van der Waals surface area contributed by atoms with Gasteiger partial charge in [-0.05, 0) is 29.3 Å². The smallest absolute Gasteiger partial charge is 0.411 e. The van der Waals surface area contributed by atoms with Crippen LogP contribution in [0.25, 0.3) is 0 Å². The number of carbonyl (C=O) groups is 1. The van der Waals surface area contributed by atoms with Gasteiger partial charge in [0.05, 0.1) is 13.7 Å². The van der Waals surface area contributed by atoms with Crippen LogP contribution in [0.1, 0.15) is 11.1 Å². The summed E-state index contributed by atoms with van der Waals surface area (Å²) in [7, 11) is 3.07. The van der Waals surface area contributed by atoms with Crippen molar-refractivity contribution < 1.29 is 14.3 Å². The van der Waals surface area contributed by atoms with E-state index in [1.165, 1.54) is 12.7 Å². The highest BCUT2D eigenvalue weighted by Gasteiger charge is 2.22. The van der Waals surface area contributed by atoms with Crippen molar-refractivity contribution in [2.24, 2.45) is 4.99 Å². The Bertz CT molecular complexity index is 786. The molecule has 2 aromatic rings.